The topological polar surface area (TPSA) is 58.6 Å². The van der Waals surface area contributed by atoms with Gasteiger partial charge in [0, 0.05) is 18.3 Å². The van der Waals surface area contributed by atoms with Gasteiger partial charge >= 0.3 is 0 Å². The molecule has 1 aliphatic rings. The molecule has 0 fully saturated rings. The van der Waals surface area contributed by atoms with Gasteiger partial charge in [-0.1, -0.05) is 49.4 Å². The molecule has 0 aliphatic carbocycles. The van der Waals surface area contributed by atoms with Gasteiger partial charge in [0.2, 0.25) is 0 Å². The van der Waals surface area contributed by atoms with Gasteiger partial charge in [-0.25, -0.2) is 8.78 Å². The Balaban J connectivity index is 1.65. The third-order valence-corrected chi connectivity index (χ3v) is 5.44. The number of carbonyl (C=O) groups is 2. The average Bonchev–Trinajstić information content (AvgIpc) is 3.08. The van der Waals surface area contributed by atoms with Crippen molar-refractivity contribution >= 4 is 23.1 Å². The van der Waals surface area contributed by atoms with Crippen molar-refractivity contribution in [3.05, 3.63) is 101 Å². The predicted octanol–water partition coefficient (Wildman–Crippen LogP) is 5.19. The Bertz CT molecular complexity index is 1220. The number of halogens is 2. The van der Waals surface area contributed by atoms with Gasteiger partial charge in [0.1, 0.15) is 11.4 Å². The highest BCUT2D eigenvalue weighted by atomic mass is 19.2. The average molecular weight is 462 g/mol. The standard InChI is InChI=1S/C27H24F2N2O3/c1-2-16-34-21-11-8-19(9-12-21)24-25(30-20-10-13-22(28)23(29)17-20)27(33)31(26(24)32)15-14-18-6-4-3-5-7-18/h3-13,17,30H,2,14-16H2,1H3. The summed E-state index contributed by atoms with van der Waals surface area (Å²) >= 11 is 0. The maximum atomic E-state index is 13.8. The summed E-state index contributed by atoms with van der Waals surface area (Å²) in [5, 5.41) is 2.84. The number of amides is 2. The molecule has 0 saturated carbocycles. The van der Waals surface area contributed by atoms with Crippen LogP contribution in [0.3, 0.4) is 0 Å². The van der Waals surface area contributed by atoms with Crippen LogP contribution >= 0.6 is 0 Å². The van der Waals surface area contributed by atoms with E-state index in [-0.39, 0.29) is 23.5 Å². The predicted molar refractivity (Wildman–Crippen MR) is 126 cm³/mol. The molecule has 1 heterocycles. The minimum atomic E-state index is -1.05. The van der Waals surface area contributed by atoms with Crippen LogP contribution in [0.25, 0.3) is 5.57 Å². The van der Waals surface area contributed by atoms with Crippen LogP contribution < -0.4 is 10.1 Å². The lowest BCUT2D eigenvalue weighted by Crippen LogP contribution is -2.34. The highest BCUT2D eigenvalue weighted by Gasteiger charge is 2.39. The molecule has 0 spiro atoms. The SMILES string of the molecule is CCCOc1ccc(C2=C(Nc3ccc(F)c(F)c3)C(=O)N(CCc3ccccc3)C2=O)cc1. The normalized spacial score (nSPS) is 13.6. The van der Waals surface area contributed by atoms with Gasteiger partial charge in [0.05, 0.1) is 12.2 Å². The van der Waals surface area contributed by atoms with Gasteiger partial charge in [0.25, 0.3) is 11.8 Å². The van der Waals surface area contributed by atoms with Crippen molar-refractivity contribution in [3.63, 3.8) is 0 Å². The second-order valence-corrected chi connectivity index (χ2v) is 7.87. The van der Waals surface area contributed by atoms with E-state index in [0.717, 1.165) is 24.1 Å². The Morgan fingerprint density at radius 2 is 1.62 bits per heavy atom. The van der Waals surface area contributed by atoms with E-state index in [2.05, 4.69) is 5.32 Å². The molecule has 4 rings (SSSR count). The number of hydrogen-bond acceptors (Lipinski definition) is 4. The summed E-state index contributed by atoms with van der Waals surface area (Å²) in [6.45, 7) is 2.75. The summed E-state index contributed by atoms with van der Waals surface area (Å²) in [7, 11) is 0. The zero-order valence-corrected chi connectivity index (χ0v) is 18.7. The van der Waals surface area contributed by atoms with Crippen LogP contribution in [-0.2, 0) is 16.0 Å². The Hall–Kier alpha value is -4.00. The number of anilines is 1. The molecule has 174 valence electrons. The molecule has 3 aromatic rings. The van der Waals surface area contributed by atoms with E-state index in [1.807, 2.05) is 37.3 Å². The van der Waals surface area contributed by atoms with E-state index in [1.165, 1.54) is 11.0 Å². The van der Waals surface area contributed by atoms with Gasteiger partial charge in [-0.3, -0.25) is 14.5 Å². The van der Waals surface area contributed by atoms with Crippen molar-refractivity contribution in [2.24, 2.45) is 0 Å². The Labute approximate surface area is 196 Å². The highest BCUT2D eigenvalue weighted by Crippen LogP contribution is 2.32. The number of hydrogen-bond donors (Lipinski definition) is 1. The summed E-state index contributed by atoms with van der Waals surface area (Å²) in [5.74, 6) is -2.37. The molecule has 1 N–H and O–H groups in total. The quantitative estimate of drug-likeness (QED) is 0.445. The first-order valence-electron chi connectivity index (χ1n) is 11.1. The van der Waals surface area contributed by atoms with Crippen molar-refractivity contribution in [2.75, 3.05) is 18.5 Å². The third-order valence-electron chi connectivity index (χ3n) is 5.44. The van der Waals surface area contributed by atoms with Crippen LogP contribution in [-0.4, -0.2) is 29.9 Å². The van der Waals surface area contributed by atoms with Gasteiger partial charge in [-0.05, 0) is 48.2 Å². The molecule has 1 aliphatic heterocycles. The van der Waals surface area contributed by atoms with Crippen LogP contribution in [0.5, 0.6) is 5.75 Å². The van der Waals surface area contributed by atoms with Gasteiger partial charge in [0.15, 0.2) is 11.6 Å². The van der Waals surface area contributed by atoms with Gasteiger partial charge in [-0.2, -0.15) is 0 Å². The maximum absolute atomic E-state index is 13.8. The molecular weight excluding hydrogens is 438 g/mol. The number of imide groups is 1. The summed E-state index contributed by atoms with van der Waals surface area (Å²) in [6, 6.07) is 19.6. The fourth-order valence-corrected chi connectivity index (χ4v) is 3.70. The molecule has 0 atom stereocenters. The highest BCUT2D eigenvalue weighted by molar-refractivity contribution is 6.36. The lowest BCUT2D eigenvalue weighted by Gasteiger charge is -2.15. The fraction of sp³-hybridized carbons (Fsp3) is 0.185. The molecule has 0 radical (unpaired) electrons. The zero-order valence-electron chi connectivity index (χ0n) is 18.7. The Morgan fingerprint density at radius 3 is 2.29 bits per heavy atom. The second-order valence-electron chi connectivity index (χ2n) is 7.87. The number of benzene rings is 3. The summed E-state index contributed by atoms with van der Waals surface area (Å²) in [5.41, 5.74) is 1.87. The lowest BCUT2D eigenvalue weighted by atomic mass is 10.0. The maximum Gasteiger partial charge on any atom is 0.278 e. The van der Waals surface area contributed by atoms with Crippen LogP contribution in [0.4, 0.5) is 14.5 Å². The summed E-state index contributed by atoms with van der Waals surface area (Å²) in [4.78, 5) is 27.8. The molecule has 0 aromatic heterocycles. The molecule has 0 bridgehead atoms. The first kappa shape index (κ1) is 23.2. The molecule has 7 heteroatoms. The van der Waals surface area contributed by atoms with Crippen molar-refractivity contribution in [1.29, 1.82) is 0 Å². The van der Waals surface area contributed by atoms with E-state index in [1.54, 1.807) is 24.3 Å². The van der Waals surface area contributed by atoms with Crippen molar-refractivity contribution in [2.45, 2.75) is 19.8 Å². The molecule has 5 nitrogen and oxygen atoms in total. The summed E-state index contributed by atoms with van der Waals surface area (Å²) < 4.78 is 32.8. The van der Waals surface area contributed by atoms with Crippen LogP contribution in [0, 0.1) is 11.6 Å². The third kappa shape index (κ3) is 4.98. The van der Waals surface area contributed by atoms with E-state index < -0.39 is 23.4 Å². The fourth-order valence-electron chi connectivity index (χ4n) is 3.70. The smallest absolute Gasteiger partial charge is 0.278 e. The largest absolute Gasteiger partial charge is 0.494 e. The number of carbonyl (C=O) groups excluding carboxylic acids is 2. The minimum Gasteiger partial charge on any atom is -0.494 e. The lowest BCUT2D eigenvalue weighted by molar-refractivity contribution is -0.136. The molecule has 2 amide bonds. The number of rotatable bonds is 9. The first-order valence-corrected chi connectivity index (χ1v) is 11.1. The number of nitrogens with one attached hydrogen (secondary N) is 1. The minimum absolute atomic E-state index is 0.0197. The van der Waals surface area contributed by atoms with E-state index >= 15 is 0 Å². The zero-order chi connectivity index (χ0) is 24.1. The number of nitrogens with zero attached hydrogens (tertiary/aromatic N) is 1. The molecule has 0 saturated heterocycles. The van der Waals surface area contributed by atoms with Crippen LogP contribution in [0.2, 0.25) is 0 Å². The monoisotopic (exact) mass is 462 g/mol. The Kier molecular flexibility index (Phi) is 7.01. The second kappa shape index (κ2) is 10.3. The molecular formula is C27H24F2N2O3. The summed E-state index contributed by atoms with van der Waals surface area (Å²) in [6.07, 6.45) is 1.35. The van der Waals surface area contributed by atoms with Gasteiger partial charge in [-0.15, -0.1) is 0 Å². The van der Waals surface area contributed by atoms with E-state index in [4.69, 9.17) is 4.74 Å². The molecule has 3 aromatic carbocycles. The van der Waals surface area contributed by atoms with Gasteiger partial charge < -0.3 is 10.1 Å². The van der Waals surface area contributed by atoms with Crippen molar-refractivity contribution in [3.8, 4) is 5.75 Å². The van der Waals surface area contributed by atoms with E-state index in [9.17, 15) is 18.4 Å². The van der Waals surface area contributed by atoms with Crippen molar-refractivity contribution < 1.29 is 23.1 Å². The molecule has 34 heavy (non-hydrogen) atoms. The van der Waals surface area contributed by atoms with Crippen LogP contribution in [0.15, 0.2) is 78.5 Å². The van der Waals surface area contributed by atoms with Crippen LogP contribution in [0.1, 0.15) is 24.5 Å². The molecule has 0 unspecified atom stereocenters. The number of ether oxygens (including phenoxy) is 1. The van der Waals surface area contributed by atoms with Crippen molar-refractivity contribution in [1.82, 2.24) is 4.90 Å². The first-order chi connectivity index (χ1) is 16.5. The Morgan fingerprint density at radius 1 is 0.882 bits per heavy atom. The van der Waals surface area contributed by atoms with E-state index in [0.29, 0.717) is 24.3 Å².